The number of benzene rings is 2. The van der Waals surface area contributed by atoms with E-state index in [0.29, 0.717) is 28.4 Å². The van der Waals surface area contributed by atoms with Crippen LogP contribution in [-0.2, 0) is 4.79 Å². The zero-order valence-electron chi connectivity index (χ0n) is 14.5. The van der Waals surface area contributed by atoms with Gasteiger partial charge in [-0.25, -0.2) is 0 Å². The Morgan fingerprint density at radius 2 is 1.92 bits per heavy atom. The summed E-state index contributed by atoms with van der Waals surface area (Å²) in [4.78, 5) is 24.2. The van der Waals surface area contributed by atoms with Crippen molar-refractivity contribution in [3.63, 3.8) is 0 Å². The number of methoxy groups -OCH3 is 1. The predicted octanol–water partition coefficient (Wildman–Crippen LogP) is 2.19. The van der Waals surface area contributed by atoms with Crippen LogP contribution in [0.3, 0.4) is 0 Å². The minimum atomic E-state index is -0.328. The molecule has 0 radical (unpaired) electrons. The molecule has 0 atom stereocenters. The first-order valence-corrected chi connectivity index (χ1v) is 8.33. The van der Waals surface area contributed by atoms with Crippen LogP contribution in [0, 0.1) is 0 Å². The number of para-hydroxylation sites is 1. The zero-order valence-corrected chi connectivity index (χ0v) is 14.5. The average molecular weight is 355 g/mol. The fraction of sp³-hybridized carbons (Fsp3) is 0.263. The van der Waals surface area contributed by atoms with Crippen molar-refractivity contribution in [3.05, 3.63) is 48.0 Å². The molecule has 136 valence electrons. The van der Waals surface area contributed by atoms with Crippen LogP contribution >= 0.6 is 0 Å². The van der Waals surface area contributed by atoms with Gasteiger partial charge in [0, 0.05) is 23.5 Å². The molecule has 4 N–H and O–H groups in total. The van der Waals surface area contributed by atoms with Gasteiger partial charge in [0.1, 0.15) is 0 Å². The molecule has 26 heavy (non-hydrogen) atoms. The zero-order chi connectivity index (χ0) is 18.5. The maximum Gasteiger partial charge on any atom is 0.258 e. The van der Waals surface area contributed by atoms with Gasteiger partial charge in [-0.15, -0.1) is 0 Å². The lowest BCUT2D eigenvalue weighted by atomic mass is 10.1. The summed E-state index contributed by atoms with van der Waals surface area (Å²) >= 11 is 0. The van der Waals surface area contributed by atoms with Crippen molar-refractivity contribution in [2.24, 2.45) is 0 Å². The maximum atomic E-state index is 12.4. The van der Waals surface area contributed by atoms with E-state index in [1.54, 1.807) is 42.5 Å². The molecule has 0 aromatic heterocycles. The topological polar surface area (TPSA) is 103 Å². The predicted molar refractivity (Wildman–Crippen MR) is 98.5 cm³/mol. The van der Waals surface area contributed by atoms with Crippen molar-refractivity contribution in [2.75, 3.05) is 24.8 Å². The van der Waals surface area contributed by atoms with E-state index in [0.717, 1.165) is 12.8 Å². The maximum absolute atomic E-state index is 12.4. The fourth-order valence-electron chi connectivity index (χ4n) is 2.41. The van der Waals surface area contributed by atoms with Gasteiger partial charge in [-0.3, -0.25) is 9.59 Å². The lowest BCUT2D eigenvalue weighted by molar-refractivity contribution is -0.123. The lowest BCUT2D eigenvalue weighted by Gasteiger charge is -2.13. The number of hydrogen-bond donors (Lipinski definition) is 3. The summed E-state index contributed by atoms with van der Waals surface area (Å²) < 4.78 is 10.8. The molecule has 1 saturated carbocycles. The number of hydrogen-bond acceptors (Lipinski definition) is 5. The van der Waals surface area contributed by atoms with Crippen LogP contribution in [0.5, 0.6) is 11.5 Å². The monoisotopic (exact) mass is 355 g/mol. The highest BCUT2D eigenvalue weighted by atomic mass is 16.5. The largest absolute Gasteiger partial charge is 0.493 e. The van der Waals surface area contributed by atoms with Crippen molar-refractivity contribution in [2.45, 2.75) is 18.9 Å². The van der Waals surface area contributed by atoms with Gasteiger partial charge >= 0.3 is 0 Å². The molecule has 7 nitrogen and oxygen atoms in total. The van der Waals surface area contributed by atoms with Gasteiger partial charge in [0.15, 0.2) is 18.1 Å². The second-order valence-electron chi connectivity index (χ2n) is 6.04. The third kappa shape index (κ3) is 4.44. The van der Waals surface area contributed by atoms with Crippen LogP contribution in [-0.4, -0.2) is 31.6 Å². The smallest absolute Gasteiger partial charge is 0.258 e. The third-order valence-corrected chi connectivity index (χ3v) is 3.93. The number of rotatable bonds is 7. The SMILES string of the molecule is COc1ccc(NC(=O)c2ccccc2N)cc1OCC(=O)NC1CC1. The van der Waals surface area contributed by atoms with Crippen LogP contribution in [0.1, 0.15) is 23.2 Å². The molecular weight excluding hydrogens is 334 g/mol. The average Bonchev–Trinajstić information content (AvgIpc) is 3.44. The molecule has 0 heterocycles. The lowest BCUT2D eigenvalue weighted by Crippen LogP contribution is -2.30. The van der Waals surface area contributed by atoms with Gasteiger partial charge in [0.05, 0.1) is 12.7 Å². The highest BCUT2D eigenvalue weighted by Gasteiger charge is 2.23. The Morgan fingerprint density at radius 3 is 2.62 bits per heavy atom. The standard InChI is InChI=1S/C19H21N3O4/c1-25-16-9-8-13(22-19(24)14-4-2-3-5-15(14)20)10-17(16)26-11-18(23)21-12-6-7-12/h2-5,8-10,12H,6-7,11,20H2,1H3,(H,21,23)(H,22,24). The Morgan fingerprint density at radius 1 is 1.15 bits per heavy atom. The van der Waals surface area contributed by atoms with E-state index in [4.69, 9.17) is 15.2 Å². The van der Waals surface area contributed by atoms with Gasteiger partial charge < -0.3 is 25.8 Å². The molecule has 7 heteroatoms. The van der Waals surface area contributed by atoms with E-state index in [9.17, 15) is 9.59 Å². The van der Waals surface area contributed by atoms with Gasteiger partial charge in [0.25, 0.3) is 11.8 Å². The number of amides is 2. The summed E-state index contributed by atoms with van der Waals surface area (Å²) in [6.45, 7) is -0.115. The molecule has 2 aromatic carbocycles. The van der Waals surface area contributed by atoms with E-state index < -0.39 is 0 Å². The molecule has 1 aliphatic rings. The molecule has 0 spiro atoms. The van der Waals surface area contributed by atoms with Crippen molar-refractivity contribution >= 4 is 23.2 Å². The molecule has 1 fully saturated rings. The highest BCUT2D eigenvalue weighted by molar-refractivity contribution is 6.07. The summed E-state index contributed by atoms with van der Waals surface area (Å²) in [5, 5.41) is 5.61. The van der Waals surface area contributed by atoms with Crippen molar-refractivity contribution < 1.29 is 19.1 Å². The molecule has 2 aromatic rings. The van der Waals surface area contributed by atoms with E-state index in [1.807, 2.05) is 0 Å². The van der Waals surface area contributed by atoms with Crippen molar-refractivity contribution in [3.8, 4) is 11.5 Å². The van der Waals surface area contributed by atoms with Gasteiger partial charge in [-0.2, -0.15) is 0 Å². The summed E-state index contributed by atoms with van der Waals surface area (Å²) in [6.07, 6.45) is 2.03. The van der Waals surface area contributed by atoms with E-state index in [-0.39, 0.29) is 24.5 Å². The Hall–Kier alpha value is -3.22. The second-order valence-corrected chi connectivity index (χ2v) is 6.04. The number of nitrogens with two attached hydrogens (primary N) is 1. The number of nitrogen functional groups attached to an aromatic ring is 1. The first kappa shape index (κ1) is 17.6. The molecular formula is C19H21N3O4. The Bertz CT molecular complexity index is 818. The van der Waals surface area contributed by atoms with Crippen molar-refractivity contribution in [1.82, 2.24) is 5.32 Å². The molecule has 0 aliphatic heterocycles. The number of ether oxygens (including phenoxy) is 2. The fourth-order valence-corrected chi connectivity index (χ4v) is 2.41. The van der Waals surface area contributed by atoms with Gasteiger partial charge in [-0.05, 0) is 37.1 Å². The van der Waals surface area contributed by atoms with E-state index in [2.05, 4.69) is 10.6 Å². The first-order chi connectivity index (χ1) is 12.6. The van der Waals surface area contributed by atoms with Gasteiger partial charge in [0.2, 0.25) is 0 Å². The highest BCUT2D eigenvalue weighted by Crippen LogP contribution is 2.30. The summed E-state index contributed by atoms with van der Waals surface area (Å²) in [5.41, 5.74) is 7.12. The van der Waals surface area contributed by atoms with Crippen LogP contribution < -0.4 is 25.8 Å². The Kier molecular flexibility index (Phi) is 5.26. The van der Waals surface area contributed by atoms with Crippen LogP contribution in [0.15, 0.2) is 42.5 Å². The van der Waals surface area contributed by atoms with E-state index >= 15 is 0 Å². The minimum absolute atomic E-state index is 0.115. The summed E-state index contributed by atoms with van der Waals surface area (Å²) in [7, 11) is 1.51. The molecule has 1 aliphatic carbocycles. The normalized spacial score (nSPS) is 13.0. The minimum Gasteiger partial charge on any atom is -0.493 e. The first-order valence-electron chi connectivity index (χ1n) is 8.33. The van der Waals surface area contributed by atoms with Crippen LogP contribution in [0.4, 0.5) is 11.4 Å². The molecule has 0 bridgehead atoms. The molecule has 0 unspecified atom stereocenters. The molecule has 2 amide bonds. The van der Waals surface area contributed by atoms with Gasteiger partial charge in [-0.1, -0.05) is 12.1 Å². The van der Waals surface area contributed by atoms with Crippen molar-refractivity contribution in [1.29, 1.82) is 0 Å². The van der Waals surface area contributed by atoms with Crippen LogP contribution in [0.25, 0.3) is 0 Å². The number of anilines is 2. The molecule has 0 saturated heterocycles. The summed E-state index contributed by atoms with van der Waals surface area (Å²) in [6, 6.07) is 12.1. The third-order valence-electron chi connectivity index (χ3n) is 3.93. The molecule has 3 rings (SSSR count). The van der Waals surface area contributed by atoms with Crippen LogP contribution in [0.2, 0.25) is 0 Å². The Balaban J connectivity index is 1.68. The number of carbonyl (C=O) groups excluding carboxylic acids is 2. The van der Waals surface area contributed by atoms with E-state index in [1.165, 1.54) is 7.11 Å². The second kappa shape index (κ2) is 7.77. The number of nitrogens with one attached hydrogen (secondary N) is 2. The quantitative estimate of drug-likeness (QED) is 0.661. The number of carbonyl (C=O) groups is 2. The summed E-state index contributed by atoms with van der Waals surface area (Å²) in [5.74, 6) is 0.338. The Labute approximate surface area is 151 Å².